The number of ether oxygens (including phenoxy) is 1. The lowest BCUT2D eigenvalue weighted by atomic mass is 9.99. The molecule has 3 atom stereocenters. The summed E-state index contributed by atoms with van der Waals surface area (Å²) in [5.74, 6) is 0. The Labute approximate surface area is 99.3 Å². The summed E-state index contributed by atoms with van der Waals surface area (Å²) in [5, 5.41) is 0. The largest absolute Gasteiger partial charge is 0.380 e. The summed E-state index contributed by atoms with van der Waals surface area (Å²) in [6.45, 7) is 5.22. The molecule has 0 aromatic carbocycles. The standard InChI is InChI=1S/C13H26N2O/c1-2-11-6-4-3-5-8-15(11)13-10-16-9-7-12(13)14/h11-13H,2-10,14H2,1H3. The fourth-order valence-electron chi connectivity index (χ4n) is 3.16. The second kappa shape index (κ2) is 5.99. The lowest BCUT2D eigenvalue weighted by molar-refractivity contribution is -0.0111. The van der Waals surface area contributed by atoms with Gasteiger partial charge in [0.15, 0.2) is 0 Å². The van der Waals surface area contributed by atoms with Gasteiger partial charge in [-0.2, -0.15) is 0 Å². The zero-order valence-corrected chi connectivity index (χ0v) is 10.5. The normalized spacial score (nSPS) is 38.2. The first-order valence-corrected chi connectivity index (χ1v) is 6.92. The van der Waals surface area contributed by atoms with Crippen molar-refractivity contribution in [2.45, 2.75) is 63.6 Å². The lowest BCUT2D eigenvalue weighted by Crippen LogP contribution is -2.56. The molecular formula is C13H26N2O. The molecule has 0 aromatic rings. The van der Waals surface area contributed by atoms with Crippen LogP contribution in [0, 0.1) is 0 Å². The van der Waals surface area contributed by atoms with Crippen LogP contribution in [0.5, 0.6) is 0 Å². The summed E-state index contributed by atoms with van der Waals surface area (Å²) >= 11 is 0. The maximum absolute atomic E-state index is 6.26. The summed E-state index contributed by atoms with van der Waals surface area (Å²) in [7, 11) is 0. The molecule has 0 aromatic heterocycles. The van der Waals surface area contributed by atoms with Crippen molar-refractivity contribution in [2.24, 2.45) is 5.73 Å². The Bertz CT molecular complexity index is 210. The molecule has 0 saturated carbocycles. The van der Waals surface area contributed by atoms with Gasteiger partial charge in [-0.1, -0.05) is 19.8 Å². The summed E-state index contributed by atoms with van der Waals surface area (Å²) in [4.78, 5) is 2.65. The highest BCUT2D eigenvalue weighted by molar-refractivity contribution is 4.89. The Morgan fingerprint density at radius 2 is 2.12 bits per heavy atom. The highest BCUT2D eigenvalue weighted by atomic mass is 16.5. The van der Waals surface area contributed by atoms with Gasteiger partial charge in [0.2, 0.25) is 0 Å². The molecule has 94 valence electrons. The van der Waals surface area contributed by atoms with Crippen molar-refractivity contribution in [3.8, 4) is 0 Å². The van der Waals surface area contributed by atoms with E-state index in [2.05, 4.69) is 11.8 Å². The SMILES string of the molecule is CCC1CCCCCN1C1COCCC1N. The Balaban J connectivity index is 2.02. The van der Waals surface area contributed by atoms with Crippen molar-refractivity contribution in [3.63, 3.8) is 0 Å². The molecule has 2 N–H and O–H groups in total. The van der Waals surface area contributed by atoms with E-state index in [1.165, 1.54) is 38.6 Å². The van der Waals surface area contributed by atoms with Crippen molar-refractivity contribution in [1.29, 1.82) is 0 Å². The maximum Gasteiger partial charge on any atom is 0.0637 e. The number of hydrogen-bond acceptors (Lipinski definition) is 3. The van der Waals surface area contributed by atoms with E-state index < -0.39 is 0 Å². The van der Waals surface area contributed by atoms with E-state index >= 15 is 0 Å². The molecule has 0 aliphatic carbocycles. The quantitative estimate of drug-likeness (QED) is 0.779. The third-order valence-corrected chi connectivity index (χ3v) is 4.20. The molecule has 0 spiro atoms. The molecule has 0 bridgehead atoms. The van der Waals surface area contributed by atoms with Crippen LogP contribution in [0.1, 0.15) is 45.4 Å². The molecule has 3 unspecified atom stereocenters. The zero-order valence-electron chi connectivity index (χ0n) is 10.5. The molecule has 2 heterocycles. The predicted molar refractivity (Wildman–Crippen MR) is 66.5 cm³/mol. The first kappa shape index (κ1) is 12.3. The summed E-state index contributed by atoms with van der Waals surface area (Å²) in [6.07, 6.45) is 7.73. The third-order valence-electron chi connectivity index (χ3n) is 4.20. The first-order valence-electron chi connectivity index (χ1n) is 6.92. The molecule has 0 radical (unpaired) electrons. The minimum atomic E-state index is 0.320. The Hall–Kier alpha value is -0.120. The second-order valence-corrected chi connectivity index (χ2v) is 5.24. The molecule has 2 fully saturated rings. The van der Waals surface area contributed by atoms with Gasteiger partial charge in [-0.05, 0) is 32.2 Å². The van der Waals surface area contributed by atoms with Crippen LogP contribution in [0.2, 0.25) is 0 Å². The van der Waals surface area contributed by atoms with Crippen molar-refractivity contribution >= 4 is 0 Å². The highest BCUT2D eigenvalue weighted by Gasteiger charge is 2.32. The number of hydrogen-bond donors (Lipinski definition) is 1. The fraction of sp³-hybridized carbons (Fsp3) is 1.00. The van der Waals surface area contributed by atoms with Crippen LogP contribution >= 0.6 is 0 Å². The number of nitrogens with zero attached hydrogens (tertiary/aromatic N) is 1. The number of likely N-dealkylation sites (tertiary alicyclic amines) is 1. The van der Waals surface area contributed by atoms with Gasteiger partial charge in [-0.3, -0.25) is 4.90 Å². The van der Waals surface area contributed by atoms with Gasteiger partial charge in [0, 0.05) is 24.7 Å². The van der Waals surface area contributed by atoms with Crippen LogP contribution in [0.4, 0.5) is 0 Å². The molecule has 2 aliphatic rings. The molecule has 2 rings (SSSR count). The summed E-state index contributed by atoms with van der Waals surface area (Å²) in [6, 6.07) is 1.53. The van der Waals surface area contributed by atoms with Crippen LogP contribution in [0.3, 0.4) is 0 Å². The maximum atomic E-state index is 6.26. The molecule has 3 nitrogen and oxygen atoms in total. The van der Waals surface area contributed by atoms with Gasteiger partial charge in [-0.25, -0.2) is 0 Å². The van der Waals surface area contributed by atoms with Crippen molar-refractivity contribution in [1.82, 2.24) is 4.90 Å². The second-order valence-electron chi connectivity index (χ2n) is 5.24. The van der Waals surface area contributed by atoms with Crippen LogP contribution in [-0.4, -0.2) is 42.8 Å². The Morgan fingerprint density at radius 1 is 1.25 bits per heavy atom. The highest BCUT2D eigenvalue weighted by Crippen LogP contribution is 2.24. The third kappa shape index (κ3) is 2.76. The predicted octanol–water partition coefficient (Wildman–Crippen LogP) is 1.76. The molecule has 0 amide bonds. The van der Waals surface area contributed by atoms with E-state index in [0.717, 1.165) is 25.7 Å². The fourth-order valence-corrected chi connectivity index (χ4v) is 3.16. The van der Waals surface area contributed by atoms with Gasteiger partial charge < -0.3 is 10.5 Å². The molecule has 3 heteroatoms. The molecular weight excluding hydrogens is 200 g/mol. The Morgan fingerprint density at radius 3 is 2.88 bits per heavy atom. The van der Waals surface area contributed by atoms with Crippen LogP contribution in [0.15, 0.2) is 0 Å². The van der Waals surface area contributed by atoms with Crippen LogP contribution < -0.4 is 5.73 Å². The van der Waals surface area contributed by atoms with Crippen molar-refractivity contribution < 1.29 is 4.74 Å². The van der Waals surface area contributed by atoms with E-state index in [9.17, 15) is 0 Å². The van der Waals surface area contributed by atoms with Crippen molar-refractivity contribution in [2.75, 3.05) is 19.8 Å². The van der Waals surface area contributed by atoms with Gasteiger partial charge in [0.05, 0.1) is 6.61 Å². The average molecular weight is 226 g/mol. The number of rotatable bonds is 2. The van der Waals surface area contributed by atoms with Gasteiger partial charge in [0.1, 0.15) is 0 Å². The number of nitrogens with two attached hydrogens (primary N) is 1. The lowest BCUT2D eigenvalue weighted by Gasteiger charge is -2.41. The van der Waals surface area contributed by atoms with E-state index in [1.54, 1.807) is 0 Å². The van der Waals surface area contributed by atoms with E-state index in [1.807, 2.05) is 0 Å². The van der Waals surface area contributed by atoms with Crippen LogP contribution in [-0.2, 0) is 4.74 Å². The first-order chi connectivity index (χ1) is 7.83. The molecule has 2 aliphatic heterocycles. The average Bonchev–Trinajstić information content (AvgIpc) is 2.54. The minimum Gasteiger partial charge on any atom is -0.380 e. The van der Waals surface area contributed by atoms with E-state index in [0.29, 0.717) is 12.1 Å². The van der Waals surface area contributed by atoms with E-state index in [-0.39, 0.29) is 0 Å². The van der Waals surface area contributed by atoms with E-state index in [4.69, 9.17) is 10.5 Å². The zero-order chi connectivity index (χ0) is 11.4. The minimum absolute atomic E-state index is 0.320. The summed E-state index contributed by atoms with van der Waals surface area (Å²) in [5.41, 5.74) is 6.26. The topological polar surface area (TPSA) is 38.5 Å². The van der Waals surface area contributed by atoms with Gasteiger partial charge >= 0.3 is 0 Å². The van der Waals surface area contributed by atoms with Gasteiger partial charge in [-0.15, -0.1) is 0 Å². The molecule has 16 heavy (non-hydrogen) atoms. The van der Waals surface area contributed by atoms with Crippen LogP contribution in [0.25, 0.3) is 0 Å². The summed E-state index contributed by atoms with van der Waals surface area (Å²) < 4.78 is 5.62. The monoisotopic (exact) mass is 226 g/mol. The van der Waals surface area contributed by atoms with Gasteiger partial charge in [0.25, 0.3) is 0 Å². The van der Waals surface area contributed by atoms with Crippen molar-refractivity contribution in [3.05, 3.63) is 0 Å². The Kier molecular flexibility index (Phi) is 4.62. The smallest absolute Gasteiger partial charge is 0.0637 e. The molecule has 2 saturated heterocycles.